The third kappa shape index (κ3) is 4.09. The van der Waals surface area contributed by atoms with Crippen LogP contribution in [0, 0.1) is 0 Å². The van der Waals surface area contributed by atoms with Crippen molar-refractivity contribution in [2.75, 3.05) is 9.80 Å². The van der Waals surface area contributed by atoms with E-state index < -0.39 is 0 Å². The first-order valence-corrected chi connectivity index (χ1v) is 13.6. The number of aromatic nitrogens is 1. The van der Waals surface area contributed by atoms with Crippen LogP contribution in [0.1, 0.15) is 0 Å². The predicted molar refractivity (Wildman–Crippen MR) is 170 cm³/mol. The normalized spacial score (nSPS) is 11.1. The van der Waals surface area contributed by atoms with Crippen molar-refractivity contribution in [3.05, 3.63) is 158 Å². The van der Waals surface area contributed by atoms with E-state index in [1.165, 1.54) is 21.5 Å². The van der Waals surface area contributed by atoms with Gasteiger partial charge in [-0.05, 0) is 59.3 Å². The zero-order valence-corrected chi connectivity index (χ0v) is 22.4. The van der Waals surface area contributed by atoms with Gasteiger partial charge in [-0.25, -0.2) is 0 Å². The molecule has 0 spiro atoms. The van der Waals surface area contributed by atoms with Crippen molar-refractivity contribution in [2.45, 2.75) is 0 Å². The van der Waals surface area contributed by atoms with E-state index in [9.17, 15) is 0 Å². The lowest BCUT2D eigenvalue weighted by Crippen LogP contribution is -2.17. The SMILES string of the molecule is Cn1c(N(c2ccccc2)c2cccc3ccccc23)ccc1N(c1ccccc1)c1cccc2ccccc12. The van der Waals surface area contributed by atoms with Crippen LogP contribution in [-0.2, 0) is 7.05 Å². The molecule has 0 fully saturated rings. The van der Waals surface area contributed by atoms with Crippen molar-refractivity contribution < 1.29 is 0 Å². The Morgan fingerprint density at radius 1 is 0.375 bits per heavy atom. The molecule has 3 nitrogen and oxygen atoms in total. The van der Waals surface area contributed by atoms with Crippen molar-refractivity contribution in [3.63, 3.8) is 0 Å². The Kier molecular flexibility index (Phi) is 6.02. The molecule has 3 heteroatoms. The van der Waals surface area contributed by atoms with Crippen molar-refractivity contribution in [1.29, 1.82) is 0 Å². The summed E-state index contributed by atoms with van der Waals surface area (Å²) in [6.07, 6.45) is 0. The van der Waals surface area contributed by atoms with E-state index in [1.807, 2.05) is 0 Å². The monoisotopic (exact) mass is 515 g/mol. The maximum Gasteiger partial charge on any atom is 0.119 e. The molecule has 0 aliphatic rings. The fraction of sp³-hybridized carbons (Fsp3) is 0.0270. The number of fused-ring (bicyclic) bond motifs is 2. The lowest BCUT2D eigenvalue weighted by Gasteiger charge is -2.30. The first-order valence-electron chi connectivity index (χ1n) is 13.6. The average Bonchev–Trinajstić information content (AvgIpc) is 3.39. The molecule has 0 bridgehead atoms. The second-order valence-electron chi connectivity index (χ2n) is 9.95. The van der Waals surface area contributed by atoms with Crippen LogP contribution in [0.4, 0.5) is 34.4 Å². The maximum absolute atomic E-state index is 2.36. The molecule has 0 aliphatic carbocycles. The van der Waals surface area contributed by atoms with Gasteiger partial charge in [-0.3, -0.25) is 9.80 Å². The van der Waals surface area contributed by atoms with Crippen molar-refractivity contribution in [3.8, 4) is 0 Å². The molecular formula is C37H29N3. The summed E-state index contributed by atoms with van der Waals surface area (Å²) < 4.78 is 2.30. The third-order valence-corrected chi connectivity index (χ3v) is 7.57. The zero-order valence-electron chi connectivity index (χ0n) is 22.4. The van der Waals surface area contributed by atoms with Crippen LogP contribution < -0.4 is 9.80 Å². The summed E-state index contributed by atoms with van der Waals surface area (Å²) in [6, 6.07) is 55.9. The number of hydrogen-bond acceptors (Lipinski definition) is 2. The summed E-state index contributed by atoms with van der Waals surface area (Å²) in [5.41, 5.74) is 4.52. The number of rotatable bonds is 6. The van der Waals surface area contributed by atoms with Gasteiger partial charge in [0.15, 0.2) is 0 Å². The molecule has 0 atom stereocenters. The van der Waals surface area contributed by atoms with Gasteiger partial charge in [0.1, 0.15) is 11.6 Å². The minimum absolute atomic E-state index is 1.08. The van der Waals surface area contributed by atoms with E-state index in [-0.39, 0.29) is 0 Å². The highest BCUT2D eigenvalue weighted by atomic mass is 15.3. The first-order chi connectivity index (χ1) is 19.8. The summed E-state index contributed by atoms with van der Waals surface area (Å²) in [5.74, 6) is 2.16. The Morgan fingerprint density at radius 2 is 0.750 bits per heavy atom. The molecule has 1 aromatic heterocycles. The van der Waals surface area contributed by atoms with E-state index in [2.05, 4.69) is 179 Å². The van der Waals surface area contributed by atoms with E-state index in [0.29, 0.717) is 0 Å². The lowest BCUT2D eigenvalue weighted by atomic mass is 10.1. The van der Waals surface area contributed by atoms with Crippen molar-refractivity contribution >= 4 is 55.9 Å². The Balaban J connectivity index is 1.46. The molecule has 0 aliphatic heterocycles. The van der Waals surface area contributed by atoms with Crippen LogP contribution in [0.15, 0.2) is 158 Å². The van der Waals surface area contributed by atoms with Crippen molar-refractivity contribution in [1.82, 2.24) is 4.57 Å². The predicted octanol–water partition coefficient (Wildman–Crippen LogP) is 10.3. The van der Waals surface area contributed by atoms with Gasteiger partial charge in [-0.15, -0.1) is 0 Å². The van der Waals surface area contributed by atoms with Crippen LogP contribution in [0.5, 0.6) is 0 Å². The Morgan fingerprint density at radius 3 is 1.20 bits per heavy atom. The molecular weight excluding hydrogens is 486 g/mol. The van der Waals surface area contributed by atoms with Gasteiger partial charge in [0.05, 0.1) is 11.4 Å². The van der Waals surface area contributed by atoms with Gasteiger partial charge in [-0.1, -0.05) is 109 Å². The van der Waals surface area contributed by atoms with E-state index in [0.717, 1.165) is 34.4 Å². The summed E-state index contributed by atoms with van der Waals surface area (Å²) in [5, 5.41) is 4.87. The van der Waals surface area contributed by atoms with Gasteiger partial charge >= 0.3 is 0 Å². The second kappa shape index (κ2) is 10.1. The average molecular weight is 516 g/mol. The first kappa shape index (κ1) is 23.8. The van der Waals surface area contributed by atoms with E-state index in [1.54, 1.807) is 0 Å². The van der Waals surface area contributed by atoms with Crippen LogP contribution >= 0.6 is 0 Å². The van der Waals surface area contributed by atoms with Gasteiger partial charge in [0.2, 0.25) is 0 Å². The molecule has 0 radical (unpaired) electrons. The molecule has 0 saturated carbocycles. The molecule has 0 N–H and O–H groups in total. The molecule has 7 rings (SSSR count). The molecule has 7 aromatic rings. The van der Waals surface area contributed by atoms with Gasteiger partial charge in [0, 0.05) is 29.2 Å². The van der Waals surface area contributed by atoms with Crippen LogP contribution in [-0.4, -0.2) is 4.57 Å². The Bertz CT molecular complexity index is 1770. The van der Waals surface area contributed by atoms with Crippen molar-refractivity contribution in [2.24, 2.45) is 7.05 Å². The number of nitrogens with zero attached hydrogens (tertiary/aromatic N) is 3. The molecule has 0 amide bonds. The quantitative estimate of drug-likeness (QED) is 0.218. The Labute approximate surface area is 234 Å². The smallest absolute Gasteiger partial charge is 0.119 e. The number of hydrogen-bond donors (Lipinski definition) is 0. The largest absolute Gasteiger partial charge is 0.316 e. The Hall–Kier alpha value is -5.28. The van der Waals surface area contributed by atoms with Gasteiger partial charge in [0.25, 0.3) is 0 Å². The highest BCUT2D eigenvalue weighted by molar-refractivity contribution is 6.00. The molecule has 192 valence electrons. The zero-order chi connectivity index (χ0) is 26.9. The lowest BCUT2D eigenvalue weighted by molar-refractivity contribution is 0.902. The van der Waals surface area contributed by atoms with Crippen LogP contribution in [0.25, 0.3) is 21.5 Å². The highest BCUT2D eigenvalue weighted by Crippen LogP contribution is 2.44. The van der Waals surface area contributed by atoms with Gasteiger partial charge in [-0.2, -0.15) is 0 Å². The maximum atomic E-state index is 2.36. The van der Waals surface area contributed by atoms with E-state index in [4.69, 9.17) is 0 Å². The summed E-state index contributed by atoms with van der Waals surface area (Å²) in [6.45, 7) is 0. The second-order valence-corrected chi connectivity index (χ2v) is 9.95. The molecule has 6 aromatic carbocycles. The highest BCUT2D eigenvalue weighted by Gasteiger charge is 2.23. The van der Waals surface area contributed by atoms with E-state index >= 15 is 0 Å². The topological polar surface area (TPSA) is 11.4 Å². The summed E-state index contributed by atoms with van der Waals surface area (Å²) in [7, 11) is 2.16. The number of para-hydroxylation sites is 2. The summed E-state index contributed by atoms with van der Waals surface area (Å²) in [4.78, 5) is 4.72. The fourth-order valence-electron chi connectivity index (χ4n) is 5.69. The minimum atomic E-state index is 1.08. The van der Waals surface area contributed by atoms with Crippen LogP contribution in [0.2, 0.25) is 0 Å². The molecule has 1 heterocycles. The number of anilines is 6. The third-order valence-electron chi connectivity index (χ3n) is 7.57. The summed E-state index contributed by atoms with van der Waals surface area (Å²) >= 11 is 0. The number of benzene rings is 6. The minimum Gasteiger partial charge on any atom is -0.316 e. The van der Waals surface area contributed by atoms with Gasteiger partial charge < -0.3 is 4.57 Å². The molecule has 40 heavy (non-hydrogen) atoms. The molecule has 0 unspecified atom stereocenters. The standard InChI is InChI=1S/C37H29N3/c1-38-36(39(30-18-4-2-5-19-30)34-24-12-16-28-14-8-10-22-32(28)34)26-27-37(38)40(31-20-6-3-7-21-31)35-25-13-17-29-15-9-11-23-33(29)35/h2-27H,1H3. The van der Waals surface area contributed by atoms with Crippen LogP contribution in [0.3, 0.4) is 0 Å². The fourth-order valence-corrected chi connectivity index (χ4v) is 5.69. The molecule has 0 saturated heterocycles.